The second-order valence-corrected chi connectivity index (χ2v) is 6.60. The summed E-state index contributed by atoms with van der Waals surface area (Å²) >= 11 is 1.44. The van der Waals surface area contributed by atoms with E-state index in [-0.39, 0.29) is 5.54 Å². The van der Waals surface area contributed by atoms with E-state index in [4.69, 9.17) is 9.47 Å². The maximum absolute atomic E-state index is 5.72. The molecule has 0 fully saturated rings. The van der Waals surface area contributed by atoms with Crippen molar-refractivity contribution in [1.82, 2.24) is 15.5 Å². The lowest BCUT2D eigenvalue weighted by Crippen LogP contribution is -2.35. The normalized spacial score (nSPS) is 11.4. The minimum Gasteiger partial charge on any atom is -0.494 e. The summed E-state index contributed by atoms with van der Waals surface area (Å²) in [6.07, 6.45) is 0. The quantitative estimate of drug-likeness (QED) is 0.883. The first-order valence-corrected chi connectivity index (χ1v) is 7.76. The number of nitrogens with zero attached hydrogens (tertiary/aromatic N) is 2. The van der Waals surface area contributed by atoms with Gasteiger partial charge in [-0.2, -0.15) is 0 Å². The van der Waals surface area contributed by atoms with Crippen molar-refractivity contribution in [2.24, 2.45) is 0 Å². The Hall–Kier alpha value is -1.66. The summed E-state index contributed by atoms with van der Waals surface area (Å²) in [6, 6.07) is 7.51. The molecule has 0 aliphatic carbocycles. The molecule has 1 aromatic heterocycles. The Morgan fingerprint density at radius 3 is 2.67 bits per heavy atom. The van der Waals surface area contributed by atoms with Gasteiger partial charge in [-0.15, -0.1) is 5.10 Å². The molecular formula is C15H21N3O2S. The second-order valence-electron chi connectivity index (χ2n) is 5.58. The molecule has 21 heavy (non-hydrogen) atoms. The van der Waals surface area contributed by atoms with Crippen molar-refractivity contribution >= 4 is 11.3 Å². The zero-order valence-corrected chi connectivity index (χ0v) is 13.7. The van der Waals surface area contributed by atoms with Gasteiger partial charge in [0.1, 0.15) is 16.5 Å². The molecule has 0 radical (unpaired) electrons. The first-order chi connectivity index (χ1) is 9.96. The van der Waals surface area contributed by atoms with Gasteiger partial charge in [-0.05, 0) is 39.8 Å². The highest BCUT2D eigenvalue weighted by Crippen LogP contribution is 2.27. The molecule has 6 heteroatoms. The van der Waals surface area contributed by atoms with E-state index in [0.29, 0.717) is 24.1 Å². The number of hydrogen-bond donors (Lipinski definition) is 1. The van der Waals surface area contributed by atoms with Crippen LogP contribution in [0, 0.1) is 0 Å². The Labute approximate surface area is 129 Å². The highest BCUT2D eigenvalue weighted by atomic mass is 32.1. The molecular weight excluding hydrogens is 286 g/mol. The maximum atomic E-state index is 5.72. The van der Waals surface area contributed by atoms with E-state index in [1.807, 2.05) is 31.2 Å². The molecule has 0 aliphatic heterocycles. The van der Waals surface area contributed by atoms with Crippen LogP contribution in [0.4, 0.5) is 0 Å². The maximum Gasteiger partial charge on any atom is 0.299 e. The van der Waals surface area contributed by atoms with Gasteiger partial charge in [-0.1, -0.05) is 22.5 Å². The summed E-state index contributed by atoms with van der Waals surface area (Å²) in [5.41, 5.74) is 0.0541. The summed E-state index contributed by atoms with van der Waals surface area (Å²) in [5.74, 6) is 1.49. The average molecular weight is 307 g/mol. The van der Waals surface area contributed by atoms with Crippen LogP contribution in [-0.4, -0.2) is 22.3 Å². The fourth-order valence-corrected chi connectivity index (χ4v) is 2.23. The Morgan fingerprint density at radius 1 is 1.19 bits per heavy atom. The third-order valence-electron chi connectivity index (χ3n) is 2.54. The van der Waals surface area contributed by atoms with Crippen molar-refractivity contribution in [2.75, 3.05) is 6.61 Å². The highest BCUT2D eigenvalue weighted by molar-refractivity contribution is 7.13. The number of rotatable bonds is 6. The van der Waals surface area contributed by atoms with Crippen LogP contribution >= 0.6 is 11.3 Å². The van der Waals surface area contributed by atoms with Crippen LogP contribution < -0.4 is 14.8 Å². The van der Waals surface area contributed by atoms with E-state index in [1.165, 1.54) is 11.3 Å². The zero-order valence-electron chi connectivity index (χ0n) is 12.8. The first kappa shape index (κ1) is 15.7. The van der Waals surface area contributed by atoms with Crippen LogP contribution in [0.25, 0.3) is 0 Å². The Morgan fingerprint density at radius 2 is 1.95 bits per heavy atom. The number of hydrogen-bond acceptors (Lipinski definition) is 6. The van der Waals surface area contributed by atoms with Gasteiger partial charge in [0, 0.05) is 11.6 Å². The molecule has 5 nitrogen and oxygen atoms in total. The summed E-state index contributed by atoms with van der Waals surface area (Å²) in [4.78, 5) is 0. The lowest BCUT2D eigenvalue weighted by atomic mass is 10.1. The standard InChI is InChI=1S/C15H21N3O2S/c1-5-19-11-7-6-8-12(9-11)20-14-18-17-13(21-14)10-16-15(2,3)4/h6-9,16H,5,10H2,1-4H3. The van der Waals surface area contributed by atoms with Gasteiger partial charge < -0.3 is 14.8 Å². The summed E-state index contributed by atoms with van der Waals surface area (Å²) in [5, 5.41) is 13.0. The van der Waals surface area contributed by atoms with E-state index >= 15 is 0 Å². The molecule has 1 N–H and O–H groups in total. The van der Waals surface area contributed by atoms with Crippen molar-refractivity contribution in [3.05, 3.63) is 29.3 Å². The van der Waals surface area contributed by atoms with E-state index < -0.39 is 0 Å². The van der Waals surface area contributed by atoms with Crippen LogP contribution in [0.15, 0.2) is 24.3 Å². The van der Waals surface area contributed by atoms with Gasteiger partial charge in [0.2, 0.25) is 0 Å². The Bertz CT molecular complexity index is 578. The van der Waals surface area contributed by atoms with Gasteiger partial charge in [0.05, 0.1) is 13.2 Å². The fraction of sp³-hybridized carbons (Fsp3) is 0.467. The van der Waals surface area contributed by atoms with Gasteiger partial charge in [0.25, 0.3) is 5.19 Å². The largest absolute Gasteiger partial charge is 0.494 e. The number of nitrogens with one attached hydrogen (secondary N) is 1. The van der Waals surface area contributed by atoms with Crippen LogP contribution in [0.3, 0.4) is 0 Å². The smallest absolute Gasteiger partial charge is 0.299 e. The highest BCUT2D eigenvalue weighted by Gasteiger charge is 2.12. The molecule has 0 amide bonds. The molecule has 2 aromatic rings. The van der Waals surface area contributed by atoms with Crippen LogP contribution in [0.2, 0.25) is 0 Å². The first-order valence-electron chi connectivity index (χ1n) is 6.94. The molecule has 0 unspecified atom stereocenters. The van der Waals surface area contributed by atoms with Gasteiger partial charge in [0.15, 0.2) is 0 Å². The van der Waals surface area contributed by atoms with Crippen LogP contribution in [0.5, 0.6) is 16.7 Å². The lowest BCUT2D eigenvalue weighted by Gasteiger charge is -2.19. The van der Waals surface area contributed by atoms with Gasteiger partial charge in [-0.25, -0.2) is 0 Å². The summed E-state index contributed by atoms with van der Waals surface area (Å²) in [6.45, 7) is 9.61. The summed E-state index contributed by atoms with van der Waals surface area (Å²) < 4.78 is 11.2. The zero-order chi connectivity index (χ0) is 15.3. The number of benzene rings is 1. The monoisotopic (exact) mass is 307 g/mol. The van der Waals surface area contributed by atoms with Crippen molar-refractivity contribution in [1.29, 1.82) is 0 Å². The van der Waals surface area contributed by atoms with E-state index in [0.717, 1.165) is 10.8 Å². The van der Waals surface area contributed by atoms with Gasteiger partial charge >= 0.3 is 0 Å². The Balaban J connectivity index is 1.97. The number of aromatic nitrogens is 2. The molecule has 0 aliphatic rings. The average Bonchev–Trinajstić information content (AvgIpc) is 2.84. The second kappa shape index (κ2) is 6.87. The molecule has 1 aromatic carbocycles. The van der Waals surface area contributed by atoms with Gasteiger partial charge in [-0.3, -0.25) is 0 Å². The molecule has 1 heterocycles. The van der Waals surface area contributed by atoms with E-state index in [2.05, 4.69) is 36.3 Å². The van der Waals surface area contributed by atoms with E-state index in [1.54, 1.807) is 0 Å². The summed E-state index contributed by atoms with van der Waals surface area (Å²) in [7, 11) is 0. The molecule has 0 atom stereocenters. The third kappa shape index (κ3) is 5.32. The van der Waals surface area contributed by atoms with E-state index in [9.17, 15) is 0 Å². The lowest BCUT2D eigenvalue weighted by molar-refractivity contribution is 0.338. The predicted octanol–water partition coefficient (Wildman–Crippen LogP) is 3.62. The molecule has 0 spiro atoms. The molecule has 114 valence electrons. The molecule has 0 saturated carbocycles. The Kier molecular flexibility index (Phi) is 5.14. The molecule has 0 bridgehead atoms. The SMILES string of the molecule is CCOc1cccc(Oc2nnc(CNC(C)(C)C)s2)c1. The van der Waals surface area contributed by atoms with Crippen LogP contribution in [-0.2, 0) is 6.54 Å². The number of ether oxygens (including phenoxy) is 2. The minimum atomic E-state index is 0.0541. The van der Waals surface area contributed by atoms with Crippen molar-refractivity contribution in [3.8, 4) is 16.7 Å². The third-order valence-corrected chi connectivity index (χ3v) is 3.34. The predicted molar refractivity (Wildman–Crippen MR) is 84.2 cm³/mol. The van der Waals surface area contributed by atoms with Crippen LogP contribution in [0.1, 0.15) is 32.7 Å². The van der Waals surface area contributed by atoms with Crippen molar-refractivity contribution in [2.45, 2.75) is 39.8 Å². The minimum absolute atomic E-state index is 0.0541. The molecule has 0 saturated heterocycles. The molecule has 2 rings (SSSR count). The fourth-order valence-electron chi connectivity index (χ4n) is 1.59. The van der Waals surface area contributed by atoms with Crippen molar-refractivity contribution < 1.29 is 9.47 Å². The topological polar surface area (TPSA) is 56.3 Å². The van der Waals surface area contributed by atoms with Crippen molar-refractivity contribution in [3.63, 3.8) is 0 Å².